The Morgan fingerprint density at radius 3 is 1.31 bits per heavy atom. The first kappa shape index (κ1) is 23.0. The molecule has 6 rings (SSSR count). The topological polar surface area (TPSA) is 0 Å². The van der Waals surface area contributed by atoms with Gasteiger partial charge in [0.2, 0.25) is 0 Å². The Morgan fingerprint density at radius 1 is 0.500 bits per heavy atom. The van der Waals surface area contributed by atoms with Gasteiger partial charge in [-0.2, -0.15) is 0 Å². The summed E-state index contributed by atoms with van der Waals surface area (Å²) in [7, 11) is 0.180. The average Bonchev–Trinajstić information content (AvgIpc) is 3.67. The van der Waals surface area contributed by atoms with E-state index in [-0.39, 0.29) is 15.8 Å². The van der Waals surface area contributed by atoms with Crippen molar-refractivity contribution in [1.82, 2.24) is 0 Å². The SMILES string of the molecule is c1sc(C2CCCC2)c(P(C2CCCC2)C2CCCC2)c1P(C1CCCC1)C1CCCC1. The summed E-state index contributed by atoms with van der Waals surface area (Å²) in [5.74, 6) is 0.945. The van der Waals surface area contributed by atoms with Gasteiger partial charge in [0.1, 0.15) is 0 Å². The molecule has 1 heterocycles. The third kappa shape index (κ3) is 4.56. The molecule has 0 atom stereocenters. The van der Waals surface area contributed by atoms with Crippen molar-refractivity contribution in [3.63, 3.8) is 0 Å². The molecule has 0 unspecified atom stereocenters. The second kappa shape index (κ2) is 10.7. The van der Waals surface area contributed by atoms with E-state index in [4.69, 9.17) is 0 Å². The van der Waals surface area contributed by atoms with E-state index in [1.807, 2.05) is 4.88 Å². The van der Waals surface area contributed by atoms with Gasteiger partial charge in [0.25, 0.3) is 0 Å². The van der Waals surface area contributed by atoms with Crippen LogP contribution in [0, 0.1) is 0 Å². The lowest BCUT2D eigenvalue weighted by molar-refractivity contribution is 0.741. The minimum atomic E-state index is 0.0867. The molecule has 3 heteroatoms. The fourth-order valence-electron chi connectivity index (χ4n) is 8.36. The summed E-state index contributed by atoms with van der Waals surface area (Å²) in [6.45, 7) is 0. The van der Waals surface area contributed by atoms with Crippen LogP contribution in [0.25, 0.3) is 0 Å². The molecule has 5 fully saturated rings. The number of hydrogen-bond donors (Lipinski definition) is 0. The van der Waals surface area contributed by atoms with E-state index >= 15 is 0 Å². The Balaban J connectivity index is 1.45. The molecule has 178 valence electrons. The molecule has 0 spiro atoms. The van der Waals surface area contributed by atoms with Crippen molar-refractivity contribution in [1.29, 1.82) is 0 Å². The summed E-state index contributed by atoms with van der Waals surface area (Å²) < 4.78 is 0. The lowest BCUT2D eigenvalue weighted by atomic mass is 10.1. The van der Waals surface area contributed by atoms with E-state index in [2.05, 4.69) is 27.3 Å². The van der Waals surface area contributed by atoms with Gasteiger partial charge in [0, 0.05) is 4.88 Å². The summed E-state index contributed by atoms with van der Waals surface area (Å²) in [5, 5.41) is 7.01. The number of rotatable bonds is 7. The number of hydrogen-bond acceptors (Lipinski definition) is 1. The van der Waals surface area contributed by atoms with Crippen molar-refractivity contribution in [3.8, 4) is 0 Å². The fourth-order valence-corrected chi connectivity index (χ4v) is 18.9. The normalized spacial score (nSPS) is 27.3. The molecule has 5 aliphatic carbocycles. The molecule has 0 N–H and O–H groups in total. The summed E-state index contributed by atoms with van der Waals surface area (Å²) >= 11 is 2.30. The van der Waals surface area contributed by atoms with E-state index in [1.54, 1.807) is 51.4 Å². The van der Waals surface area contributed by atoms with Crippen molar-refractivity contribution in [2.75, 3.05) is 0 Å². The second-order valence-corrected chi connectivity index (χ2v) is 18.3. The van der Waals surface area contributed by atoms with E-state index < -0.39 is 0 Å². The molecule has 1 aromatic rings. The molecule has 0 aliphatic heterocycles. The lowest BCUT2D eigenvalue weighted by Crippen LogP contribution is -2.33. The van der Waals surface area contributed by atoms with Crippen LogP contribution in [0.15, 0.2) is 5.38 Å². The first-order chi connectivity index (χ1) is 15.9. The van der Waals surface area contributed by atoms with Crippen LogP contribution in [-0.2, 0) is 0 Å². The Morgan fingerprint density at radius 2 is 0.875 bits per heavy atom. The van der Waals surface area contributed by atoms with Gasteiger partial charge in [-0.1, -0.05) is 80.1 Å². The summed E-state index contributed by atoms with van der Waals surface area (Å²) in [6.07, 6.45) is 30.9. The number of thiophene rings is 1. The zero-order valence-electron chi connectivity index (χ0n) is 20.4. The second-order valence-electron chi connectivity index (χ2n) is 11.9. The van der Waals surface area contributed by atoms with Crippen LogP contribution >= 0.6 is 27.2 Å². The zero-order valence-corrected chi connectivity index (χ0v) is 23.0. The van der Waals surface area contributed by atoms with Crippen molar-refractivity contribution in [3.05, 3.63) is 10.3 Å². The van der Waals surface area contributed by atoms with E-state index in [0.29, 0.717) is 0 Å². The average molecular weight is 489 g/mol. The third-order valence-electron chi connectivity index (χ3n) is 9.91. The van der Waals surface area contributed by atoms with Crippen LogP contribution < -0.4 is 10.6 Å². The maximum Gasteiger partial charge on any atom is 0.0160 e. The van der Waals surface area contributed by atoms with E-state index in [9.17, 15) is 0 Å². The predicted molar refractivity (Wildman–Crippen MR) is 148 cm³/mol. The predicted octanol–water partition coefficient (Wildman–Crippen LogP) is 9.39. The summed E-state index contributed by atoms with van der Waals surface area (Å²) in [4.78, 5) is 1.98. The zero-order chi connectivity index (χ0) is 21.3. The molecule has 0 nitrogen and oxygen atoms in total. The van der Waals surface area contributed by atoms with Crippen molar-refractivity contribution >= 4 is 37.8 Å². The Labute approximate surface area is 204 Å². The molecule has 1 aromatic heterocycles. The van der Waals surface area contributed by atoms with Gasteiger partial charge in [-0.25, -0.2) is 0 Å². The van der Waals surface area contributed by atoms with Gasteiger partial charge in [-0.05, 0) is 109 Å². The van der Waals surface area contributed by atoms with Gasteiger partial charge in [-0.15, -0.1) is 11.3 Å². The Kier molecular flexibility index (Phi) is 7.66. The summed E-state index contributed by atoms with van der Waals surface area (Å²) in [5.41, 5.74) is 4.35. The molecule has 5 saturated carbocycles. The van der Waals surface area contributed by atoms with Crippen molar-refractivity contribution in [2.45, 2.75) is 157 Å². The largest absolute Gasteiger partial charge is 0.147 e. The lowest BCUT2D eigenvalue weighted by Gasteiger charge is -2.37. The summed E-state index contributed by atoms with van der Waals surface area (Å²) in [6, 6.07) is 0. The highest BCUT2D eigenvalue weighted by Crippen LogP contribution is 2.62. The van der Waals surface area contributed by atoms with Crippen LogP contribution in [-0.4, -0.2) is 22.6 Å². The van der Waals surface area contributed by atoms with Crippen LogP contribution in [0.2, 0.25) is 0 Å². The Hall–Kier alpha value is 0.560. The van der Waals surface area contributed by atoms with Gasteiger partial charge in [-0.3, -0.25) is 0 Å². The van der Waals surface area contributed by atoms with Crippen LogP contribution in [0.1, 0.15) is 139 Å². The quantitative estimate of drug-likeness (QED) is 0.335. The highest BCUT2D eigenvalue weighted by Gasteiger charge is 2.42. The van der Waals surface area contributed by atoms with E-state index in [0.717, 1.165) is 28.6 Å². The molecular weight excluding hydrogens is 442 g/mol. The van der Waals surface area contributed by atoms with Gasteiger partial charge in [0.05, 0.1) is 0 Å². The Bertz CT molecular complexity index is 694. The standard InChI is InChI=1S/C29H46P2S/c1-2-12-22(11-1)29-28(31(25-17-7-8-18-25)26-19-9-10-20-26)27(21-32-29)30(23-13-3-4-14-23)24-15-5-6-16-24/h21-26H,1-20H2. The smallest absolute Gasteiger partial charge is 0.0160 e. The van der Waals surface area contributed by atoms with Gasteiger partial charge < -0.3 is 0 Å². The van der Waals surface area contributed by atoms with Crippen LogP contribution in [0.3, 0.4) is 0 Å². The molecule has 0 aromatic carbocycles. The highest BCUT2D eigenvalue weighted by atomic mass is 32.1. The molecular formula is C29H46P2S. The van der Waals surface area contributed by atoms with Gasteiger partial charge in [0.15, 0.2) is 0 Å². The first-order valence-corrected chi connectivity index (χ1v) is 18.4. The highest BCUT2D eigenvalue weighted by molar-refractivity contribution is 7.74. The maximum absolute atomic E-state index is 2.84. The van der Waals surface area contributed by atoms with Crippen LogP contribution in [0.5, 0.6) is 0 Å². The minimum absolute atomic E-state index is 0.0867. The monoisotopic (exact) mass is 488 g/mol. The minimum Gasteiger partial charge on any atom is -0.147 e. The molecule has 5 aliphatic rings. The molecule has 0 radical (unpaired) electrons. The first-order valence-electron chi connectivity index (χ1n) is 14.6. The third-order valence-corrected chi connectivity index (χ3v) is 18.7. The maximum atomic E-state index is 2.84. The molecule has 0 amide bonds. The molecule has 32 heavy (non-hydrogen) atoms. The molecule has 0 saturated heterocycles. The molecule has 0 bridgehead atoms. The van der Waals surface area contributed by atoms with E-state index in [1.165, 1.54) is 77.0 Å². The fraction of sp³-hybridized carbons (Fsp3) is 0.862. The van der Waals surface area contributed by atoms with Crippen LogP contribution in [0.4, 0.5) is 0 Å². The van der Waals surface area contributed by atoms with Crippen molar-refractivity contribution in [2.24, 2.45) is 0 Å². The van der Waals surface area contributed by atoms with Crippen molar-refractivity contribution < 1.29 is 0 Å². The van der Waals surface area contributed by atoms with Gasteiger partial charge >= 0.3 is 0 Å².